The summed E-state index contributed by atoms with van der Waals surface area (Å²) in [7, 11) is 0. The van der Waals surface area contributed by atoms with Crippen LogP contribution in [0.2, 0.25) is 0 Å². The monoisotopic (exact) mass is 405 g/mol. The van der Waals surface area contributed by atoms with E-state index >= 15 is 0 Å². The number of urea groups is 1. The van der Waals surface area contributed by atoms with Crippen molar-refractivity contribution in [2.75, 3.05) is 13.1 Å². The van der Waals surface area contributed by atoms with Crippen LogP contribution in [0.25, 0.3) is 5.82 Å². The molecule has 0 radical (unpaired) electrons. The number of nitrogens with one attached hydrogen (secondary N) is 1. The van der Waals surface area contributed by atoms with E-state index in [0.717, 1.165) is 50.2 Å². The van der Waals surface area contributed by atoms with Gasteiger partial charge in [0, 0.05) is 38.2 Å². The van der Waals surface area contributed by atoms with E-state index in [1.807, 2.05) is 41.4 Å². The van der Waals surface area contributed by atoms with Gasteiger partial charge >= 0.3 is 6.03 Å². The summed E-state index contributed by atoms with van der Waals surface area (Å²) >= 11 is 0. The fourth-order valence-electron chi connectivity index (χ4n) is 3.85. The predicted molar refractivity (Wildman–Crippen MR) is 114 cm³/mol. The van der Waals surface area contributed by atoms with E-state index in [1.165, 1.54) is 5.56 Å². The molecule has 3 heterocycles. The van der Waals surface area contributed by atoms with Gasteiger partial charge in [0.15, 0.2) is 5.82 Å². The van der Waals surface area contributed by atoms with Crippen molar-refractivity contribution in [3.8, 4) is 11.6 Å². The van der Waals surface area contributed by atoms with Gasteiger partial charge in [-0.25, -0.2) is 14.5 Å². The average molecular weight is 406 g/mol. The molecule has 0 bridgehead atoms. The molecule has 0 spiro atoms. The van der Waals surface area contributed by atoms with Gasteiger partial charge in [0.2, 0.25) is 0 Å². The molecule has 0 aliphatic carbocycles. The van der Waals surface area contributed by atoms with E-state index in [-0.39, 0.29) is 6.03 Å². The van der Waals surface area contributed by atoms with Crippen LogP contribution in [0.1, 0.15) is 30.4 Å². The van der Waals surface area contributed by atoms with Crippen molar-refractivity contribution in [2.24, 2.45) is 5.92 Å². The first kappa shape index (κ1) is 19.9. The van der Waals surface area contributed by atoms with E-state index in [0.29, 0.717) is 18.2 Å². The maximum Gasteiger partial charge on any atom is 0.317 e. The highest BCUT2D eigenvalue weighted by Crippen LogP contribution is 2.23. The molecule has 2 aromatic heterocycles. The van der Waals surface area contributed by atoms with Gasteiger partial charge < -0.3 is 15.3 Å². The van der Waals surface area contributed by atoms with Crippen molar-refractivity contribution >= 4 is 6.03 Å². The van der Waals surface area contributed by atoms with Gasteiger partial charge in [0.05, 0.1) is 0 Å². The average Bonchev–Trinajstić information content (AvgIpc) is 3.33. The van der Waals surface area contributed by atoms with Gasteiger partial charge in [-0.15, -0.1) is 0 Å². The van der Waals surface area contributed by atoms with Crippen molar-refractivity contribution in [2.45, 2.75) is 32.2 Å². The molecule has 1 aliphatic rings. The Labute approximate surface area is 176 Å². The Morgan fingerprint density at radius 3 is 2.63 bits per heavy atom. The smallest absolute Gasteiger partial charge is 0.317 e. The zero-order valence-electron chi connectivity index (χ0n) is 16.9. The number of pyridine rings is 1. The van der Waals surface area contributed by atoms with Crippen molar-refractivity contribution < 1.29 is 9.90 Å². The summed E-state index contributed by atoms with van der Waals surface area (Å²) < 4.78 is 1.70. The van der Waals surface area contributed by atoms with Crippen LogP contribution in [0.15, 0.2) is 61.1 Å². The van der Waals surface area contributed by atoms with Crippen LogP contribution in [0.3, 0.4) is 0 Å². The Morgan fingerprint density at radius 1 is 1.10 bits per heavy atom. The summed E-state index contributed by atoms with van der Waals surface area (Å²) in [6, 6.07) is 13.1. The number of aromatic nitrogens is 3. The molecule has 4 rings (SSSR count). The molecular weight excluding hydrogens is 378 g/mol. The Balaban J connectivity index is 1.21. The number of hydrogen-bond acceptors (Lipinski definition) is 4. The lowest BCUT2D eigenvalue weighted by molar-refractivity contribution is 0.168. The summed E-state index contributed by atoms with van der Waals surface area (Å²) in [6.07, 6.45) is 9.48. The number of amides is 2. The molecule has 0 unspecified atom stereocenters. The second kappa shape index (κ2) is 9.43. The number of rotatable bonds is 6. The number of benzene rings is 1. The molecule has 156 valence electrons. The van der Waals surface area contributed by atoms with Crippen LogP contribution < -0.4 is 5.32 Å². The molecule has 2 amide bonds. The normalized spacial score (nSPS) is 14.6. The van der Waals surface area contributed by atoms with Crippen molar-refractivity contribution in [1.82, 2.24) is 25.0 Å². The quantitative estimate of drug-likeness (QED) is 0.657. The highest BCUT2D eigenvalue weighted by Gasteiger charge is 2.22. The third-order valence-corrected chi connectivity index (χ3v) is 5.67. The first-order valence-electron chi connectivity index (χ1n) is 10.4. The summed E-state index contributed by atoms with van der Waals surface area (Å²) in [6.45, 7) is 2.05. The minimum atomic E-state index is -0.00978. The third-order valence-electron chi connectivity index (χ3n) is 5.67. The first-order valence-corrected chi connectivity index (χ1v) is 10.4. The Hall–Kier alpha value is -3.35. The van der Waals surface area contributed by atoms with Gasteiger partial charge in [-0.3, -0.25) is 0 Å². The van der Waals surface area contributed by atoms with Gasteiger partial charge in [-0.2, -0.15) is 5.10 Å². The molecular formula is C23H27N5O2. The lowest BCUT2D eigenvalue weighted by Crippen LogP contribution is -2.44. The molecule has 1 aliphatic heterocycles. The largest absolute Gasteiger partial charge is 0.508 e. The van der Waals surface area contributed by atoms with Crippen molar-refractivity contribution in [3.05, 3.63) is 72.2 Å². The number of hydrogen-bond donors (Lipinski definition) is 2. The number of phenols is 1. The number of aromatic hydroxyl groups is 1. The Kier molecular flexibility index (Phi) is 6.27. The molecule has 1 saturated heterocycles. The van der Waals surface area contributed by atoms with Crippen LogP contribution in [-0.4, -0.2) is 43.9 Å². The van der Waals surface area contributed by atoms with E-state index in [1.54, 1.807) is 29.2 Å². The third kappa shape index (κ3) is 5.17. The summed E-state index contributed by atoms with van der Waals surface area (Å²) in [5.41, 5.74) is 2.24. The van der Waals surface area contributed by atoms with Gasteiger partial charge in [0.1, 0.15) is 5.75 Å². The summed E-state index contributed by atoms with van der Waals surface area (Å²) in [5.74, 6) is 1.68. The van der Waals surface area contributed by atoms with Crippen LogP contribution in [-0.2, 0) is 13.0 Å². The summed E-state index contributed by atoms with van der Waals surface area (Å²) in [5, 5.41) is 16.6. The molecule has 7 heteroatoms. The SMILES string of the molecule is O=C(NCc1ccnc(-n2cccn2)c1)N1CCC(CCc2ccc(O)cc2)CC1. The van der Waals surface area contributed by atoms with Crippen LogP contribution in [0, 0.1) is 5.92 Å². The molecule has 30 heavy (non-hydrogen) atoms. The number of carbonyl (C=O) groups excluding carboxylic acids is 1. The maximum atomic E-state index is 12.6. The number of phenolic OH excluding ortho intramolecular Hbond substituents is 1. The van der Waals surface area contributed by atoms with Crippen molar-refractivity contribution in [1.29, 1.82) is 0 Å². The number of likely N-dealkylation sites (tertiary alicyclic amines) is 1. The number of piperidine rings is 1. The molecule has 0 atom stereocenters. The second-order valence-corrected chi connectivity index (χ2v) is 7.77. The van der Waals surface area contributed by atoms with E-state index in [2.05, 4.69) is 15.4 Å². The zero-order valence-corrected chi connectivity index (χ0v) is 16.9. The van der Waals surface area contributed by atoms with Crippen LogP contribution in [0.5, 0.6) is 5.75 Å². The lowest BCUT2D eigenvalue weighted by Gasteiger charge is -2.32. The predicted octanol–water partition coefficient (Wildman–Crippen LogP) is 3.53. The highest BCUT2D eigenvalue weighted by molar-refractivity contribution is 5.74. The first-order chi connectivity index (χ1) is 14.7. The standard InChI is InChI=1S/C23H27N5O2/c29-21-6-4-18(5-7-21)2-3-19-9-14-27(15-10-19)23(30)25-17-20-8-12-24-22(16-20)28-13-1-11-26-28/h1,4-8,11-13,16,19,29H,2-3,9-10,14-15,17H2,(H,25,30). The maximum absolute atomic E-state index is 12.6. The topological polar surface area (TPSA) is 83.3 Å². The number of nitrogens with zero attached hydrogens (tertiary/aromatic N) is 4. The molecule has 1 fully saturated rings. The minimum Gasteiger partial charge on any atom is -0.508 e. The Morgan fingerprint density at radius 2 is 1.90 bits per heavy atom. The van der Waals surface area contributed by atoms with E-state index < -0.39 is 0 Å². The van der Waals surface area contributed by atoms with Crippen LogP contribution in [0.4, 0.5) is 4.79 Å². The number of aryl methyl sites for hydroxylation is 1. The fourth-order valence-corrected chi connectivity index (χ4v) is 3.85. The molecule has 1 aromatic carbocycles. The second-order valence-electron chi connectivity index (χ2n) is 7.77. The molecule has 0 saturated carbocycles. The zero-order chi connectivity index (χ0) is 20.8. The Bertz CT molecular complexity index is 948. The molecule has 3 aromatic rings. The van der Waals surface area contributed by atoms with E-state index in [9.17, 15) is 9.90 Å². The number of carbonyl (C=O) groups is 1. The fraction of sp³-hybridized carbons (Fsp3) is 0.348. The van der Waals surface area contributed by atoms with Crippen LogP contribution >= 0.6 is 0 Å². The lowest BCUT2D eigenvalue weighted by atomic mass is 9.90. The molecule has 2 N–H and O–H groups in total. The van der Waals surface area contributed by atoms with Gasteiger partial charge in [-0.1, -0.05) is 12.1 Å². The van der Waals surface area contributed by atoms with Gasteiger partial charge in [0.25, 0.3) is 0 Å². The van der Waals surface area contributed by atoms with Gasteiger partial charge in [-0.05, 0) is 73.1 Å². The van der Waals surface area contributed by atoms with Crippen molar-refractivity contribution in [3.63, 3.8) is 0 Å². The summed E-state index contributed by atoms with van der Waals surface area (Å²) in [4.78, 5) is 18.8. The van der Waals surface area contributed by atoms with E-state index in [4.69, 9.17) is 0 Å². The highest BCUT2D eigenvalue weighted by atomic mass is 16.3. The minimum absolute atomic E-state index is 0.00978. The molecule has 7 nitrogen and oxygen atoms in total.